The van der Waals surface area contributed by atoms with E-state index in [4.69, 9.17) is 14.2 Å². The molecule has 0 saturated carbocycles. The number of benzene rings is 1. The monoisotopic (exact) mass is 345 g/mol. The Morgan fingerprint density at radius 1 is 1.16 bits per heavy atom. The minimum atomic E-state index is -0.192. The molecule has 2 aliphatic rings. The molecule has 1 aromatic carbocycles. The lowest BCUT2D eigenvalue weighted by Gasteiger charge is -2.33. The van der Waals surface area contributed by atoms with Crippen molar-refractivity contribution < 1.29 is 19.0 Å². The fourth-order valence-electron chi connectivity index (χ4n) is 3.63. The highest BCUT2D eigenvalue weighted by Crippen LogP contribution is 2.36. The van der Waals surface area contributed by atoms with Crippen LogP contribution in [0.5, 0.6) is 0 Å². The first-order valence-corrected chi connectivity index (χ1v) is 9.03. The largest absolute Gasteiger partial charge is 0.445 e. The van der Waals surface area contributed by atoms with Gasteiger partial charge < -0.3 is 14.2 Å². The summed E-state index contributed by atoms with van der Waals surface area (Å²) in [5.74, 6) is 0. The Kier molecular flexibility index (Phi) is 6.48. The molecule has 1 saturated heterocycles. The number of ether oxygens (including phenoxy) is 3. The Bertz CT molecular complexity index is 587. The predicted octanol–water partition coefficient (Wildman–Crippen LogP) is 3.54. The van der Waals surface area contributed by atoms with Crippen molar-refractivity contribution in [2.75, 3.05) is 26.9 Å². The Labute approximate surface area is 149 Å². The molecule has 5 heteroatoms. The number of hydrogen-bond donors (Lipinski definition) is 0. The maximum Gasteiger partial charge on any atom is 0.410 e. The molecule has 1 amide bonds. The van der Waals surface area contributed by atoms with Gasteiger partial charge >= 0.3 is 6.09 Å². The average molecular weight is 345 g/mol. The SMILES string of the molecule is COCCOCCC1=CC2CCC(C1)N2C(=O)OCc1ccccc1. The molecule has 1 fully saturated rings. The first-order valence-electron chi connectivity index (χ1n) is 9.03. The van der Waals surface area contributed by atoms with Crippen LogP contribution >= 0.6 is 0 Å². The van der Waals surface area contributed by atoms with Gasteiger partial charge in [-0.15, -0.1) is 0 Å². The second-order valence-electron chi connectivity index (χ2n) is 6.63. The summed E-state index contributed by atoms with van der Waals surface area (Å²) < 4.78 is 16.1. The maximum absolute atomic E-state index is 12.5. The normalized spacial score (nSPS) is 22.0. The Morgan fingerprint density at radius 2 is 2.00 bits per heavy atom. The molecule has 3 rings (SSSR count). The van der Waals surface area contributed by atoms with Crippen molar-refractivity contribution in [2.45, 2.75) is 44.4 Å². The fourth-order valence-corrected chi connectivity index (χ4v) is 3.63. The number of rotatable bonds is 8. The van der Waals surface area contributed by atoms with Crippen LogP contribution in [0.15, 0.2) is 42.0 Å². The number of carbonyl (C=O) groups is 1. The molecule has 0 aliphatic carbocycles. The minimum absolute atomic E-state index is 0.177. The topological polar surface area (TPSA) is 48.0 Å². The summed E-state index contributed by atoms with van der Waals surface area (Å²) >= 11 is 0. The number of carbonyl (C=O) groups excluding carboxylic acids is 1. The molecule has 5 nitrogen and oxygen atoms in total. The van der Waals surface area contributed by atoms with Crippen LogP contribution in [0.1, 0.15) is 31.2 Å². The van der Waals surface area contributed by atoms with E-state index in [1.165, 1.54) is 5.57 Å². The van der Waals surface area contributed by atoms with Gasteiger partial charge in [-0.2, -0.15) is 0 Å². The van der Waals surface area contributed by atoms with Gasteiger partial charge in [0.1, 0.15) is 6.61 Å². The van der Waals surface area contributed by atoms with Crippen molar-refractivity contribution in [3.63, 3.8) is 0 Å². The van der Waals surface area contributed by atoms with Crippen molar-refractivity contribution in [3.05, 3.63) is 47.5 Å². The standard InChI is InChI=1S/C20H27NO4/c1-23-11-12-24-10-9-17-13-18-7-8-19(14-17)21(18)20(22)25-15-16-5-3-2-4-6-16/h2-6,13,18-19H,7-12,14-15H2,1H3. The van der Waals surface area contributed by atoms with Gasteiger partial charge in [-0.3, -0.25) is 4.90 Å². The van der Waals surface area contributed by atoms with Gasteiger partial charge in [-0.05, 0) is 31.2 Å². The molecule has 2 atom stereocenters. The first kappa shape index (κ1) is 18.0. The van der Waals surface area contributed by atoms with E-state index in [0.717, 1.165) is 31.2 Å². The lowest BCUT2D eigenvalue weighted by molar-refractivity contribution is 0.0692. The van der Waals surface area contributed by atoms with Crippen LogP contribution in [-0.2, 0) is 20.8 Å². The van der Waals surface area contributed by atoms with Gasteiger partial charge in [-0.1, -0.05) is 42.0 Å². The van der Waals surface area contributed by atoms with Crippen molar-refractivity contribution >= 4 is 6.09 Å². The van der Waals surface area contributed by atoms with Crippen LogP contribution < -0.4 is 0 Å². The highest BCUT2D eigenvalue weighted by molar-refractivity contribution is 5.70. The number of amides is 1. The molecule has 2 bridgehead atoms. The molecule has 1 aromatic rings. The van der Waals surface area contributed by atoms with E-state index in [2.05, 4.69) is 6.08 Å². The average Bonchev–Trinajstić information content (AvgIpc) is 2.91. The molecule has 0 spiro atoms. The van der Waals surface area contributed by atoms with Gasteiger partial charge in [0.2, 0.25) is 0 Å². The third-order valence-corrected chi connectivity index (χ3v) is 4.89. The van der Waals surface area contributed by atoms with Crippen LogP contribution in [0.4, 0.5) is 4.79 Å². The quantitative estimate of drug-likeness (QED) is 0.534. The van der Waals surface area contributed by atoms with Crippen LogP contribution in [0.25, 0.3) is 0 Å². The predicted molar refractivity (Wildman–Crippen MR) is 95.3 cm³/mol. The van der Waals surface area contributed by atoms with E-state index in [0.29, 0.717) is 26.4 Å². The summed E-state index contributed by atoms with van der Waals surface area (Å²) in [6, 6.07) is 10.3. The highest BCUT2D eigenvalue weighted by atomic mass is 16.6. The van der Waals surface area contributed by atoms with Gasteiger partial charge in [-0.25, -0.2) is 4.79 Å². The molecule has 0 radical (unpaired) electrons. The molecular weight excluding hydrogens is 318 g/mol. The highest BCUT2D eigenvalue weighted by Gasteiger charge is 2.40. The summed E-state index contributed by atoms with van der Waals surface area (Å²) in [6.45, 7) is 2.31. The van der Waals surface area contributed by atoms with Crippen LogP contribution in [0.2, 0.25) is 0 Å². The van der Waals surface area contributed by atoms with E-state index in [-0.39, 0.29) is 18.2 Å². The lowest BCUT2D eigenvalue weighted by atomic mass is 9.99. The summed E-state index contributed by atoms with van der Waals surface area (Å²) in [4.78, 5) is 14.4. The van der Waals surface area contributed by atoms with Crippen molar-refractivity contribution in [1.29, 1.82) is 0 Å². The number of fused-ring (bicyclic) bond motifs is 2. The van der Waals surface area contributed by atoms with E-state index < -0.39 is 0 Å². The van der Waals surface area contributed by atoms with E-state index in [1.807, 2.05) is 35.2 Å². The molecule has 136 valence electrons. The smallest absolute Gasteiger partial charge is 0.410 e. The summed E-state index contributed by atoms with van der Waals surface area (Å²) in [6.07, 6.45) is 6.00. The van der Waals surface area contributed by atoms with Gasteiger partial charge in [0.05, 0.1) is 25.9 Å². The zero-order chi connectivity index (χ0) is 17.5. The third-order valence-electron chi connectivity index (χ3n) is 4.89. The Hall–Kier alpha value is -1.85. The van der Waals surface area contributed by atoms with Crippen LogP contribution in [-0.4, -0.2) is 50.0 Å². The second kappa shape index (κ2) is 9.02. The van der Waals surface area contributed by atoms with Crippen LogP contribution in [0.3, 0.4) is 0 Å². The number of hydrogen-bond acceptors (Lipinski definition) is 4. The lowest BCUT2D eigenvalue weighted by Crippen LogP contribution is -2.43. The van der Waals surface area contributed by atoms with E-state index in [9.17, 15) is 4.79 Å². The fraction of sp³-hybridized carbons (Fsp3) is 0.550. The van der Waals surface area contributed by atoms with E-state index in [1.54, 1.807) is 7.11 Å². The first-order chi connectivity index (χ1) is 12.3. The maximum atomic E-state index is 12.5. The Morgan fingerprint density at radius 3 is 2.76 bits per heavy atom. The van der Waals surface area contributed by atoms with Gasteiger partial charge in [0.25, 0.3) is 0 Å². The molecule has 0 N–H and O–H groups in total. The summed E-state index contributed by atoms with van der Waals surface area (Å²) in [5.41, 5.74) is 2.42. The molecule has 2 heterocycles. The van der Waals surface area contributed by atoms with Crippen molar-refractivity contribution in [3.8, 4) is 0 Å². The molecule has 0 aromatic heterocycles. The minimum Gasteiger partial charge on any atom is -0.445 e. The van der Waals surface area contributed by atoms with Gasteiger partial charge in [0.15, 0.2) is 0 Å². The van der Waals surface area contributed by atoms with Gasteiger partial charge in [0, 0.05) is 13.2 Å². The zero-order valence-corrected chi connectivity index (χ0v) is 14.9. The van der Waals surface area contributed by atoms with Crippen LogP contribution in [0, 0.1) is 0 Å². The second-order valence-corrected chi connectivity index (χ2v) is 6.63. The number of nitrogens with zero attached hydrogens (tertiary/aromatic N) is 1. The molecule has 25 heavy (non-hydrogen) atoms. The third kappa shape index (κ3) is 4.83. The molecule has 2 unspecified atom stereocenters. The molecule has 2 aliphatic heterocycles. The van der Waals surface area contributed by atoms with E-state index >= 15 is 0 Å². The van der Waals surface area contributed by atoms with Crippen molar-refractivity contribution in [2.24, 2.45) is 0 Å². The Balaban J connectivity index is 1.48. The summed E-state index contributed by atoms with van der Waals surface area (Å²) in [5, 5.41) is 0. The van der Waals surface area contributed by atoms with Crippen molar-refractivity contribution in [1.82, 2.24) is 4.90 Å². The summed E-state index contributed by atoms with van der Waals surface area (Å²) in [7, 11) is 1.68. The molecular formula is C20H27NO4. The zero-order valence-electron chi connectivity index (χ0n) is 14.9. The number of methoxy groups -OCH3 is 1.